The van der Waals surface area contributed by atoms with Gasteiger partial charge in [-0.3, -0.25) is 9.80 Å². The van der Waals surface area contributed by atoms with Gasteiger partial charge in [0, 0.05) is 32.1 Å². The van der Waals surface area contributed by atoms with Crippen molar-refractivity contribution in [2.75, 3.05) is 52.5 Å². The third kappa shape index (κ3) is 9.95. The summed E-state index contributed by atoms with van der Waals surface area (Å²) in [6, 6.07) is 4.04. The number of carboxylic acid groups (broad SMARTS) is 2. The summed E-state index contributed by atoms with van der Waals surface area (Å²) in [6.45, 7) is 9.11. The number of likely N-dealkylation sites (tertiary alicyclic amines) is 1. The molecule has 0 amide bonds. The Bertz CT molecular complexity index is 789. The van der Waals surface area contributed by atoms with E-state index >= 15 is 0 Å². The van der Waals surface area contributed by atoms with Crippen molar-refractivity contribution in [1.82, 2.24) is 9.80 Å². The van der Waals surface area contributed by atoms with Gasteiger partial charge in [0.25, 0.3) is 0 Å². The first-order chi connectivity index (χ1) is 16.8. The van der Waals surface area contributed by atoms with Gasteiger partial charge in [0.15, 0.2) is 0 Å². The zero-order valence-corrected chi connectivity index (χ0v) is 19.1. The normalized spacial score (nSPS) is 25.1. The van der Waals surface area contributed by atoms with E-state index in [1.165, 1.54) is 6.42 Å². The summed E-state index contributed by atoms with van der Waals surface area (Å²) >= 11 is 0. The summed E-state index contributed by atoms with van der Waals surface area (Å²) in [5.74, 6) is -3.02. The first-order valence-electron chi connectivity index (χ1n) is 11.0. The number of ether oxygens (including phenoxy) is 2. The average molecular weight is 534 g/mol. The number of carbonyl (C=O) groups is 2. The lowest BCUT2D eigenvalue weighted by atomic mass is 9.84. The number of carboxylic acids is 2. The fourth-order valence-electron chi connectivity index (χ4n) is 4.16. The van der Waals surface area contributed by atoms with Gasteiger partial charge >= 0.3 is 24.3 Å². The minimum Gasteiger partial charge on any atom is -0.475 e. The summed E-state index contributed by atoms with van der Waals surface area (Å²) in [5, 5.41) is 14.2. The summed E-state index contributed by atoms with van der Waals surface area (Å²) in [7, 11) is 0. The van der Waals surface area contributed by atoms with E-state index in [2.05, 4.69) is 15.9 Å². The molecule has 2 N–H and O–H groups in total. The Kier molecular flexibility index (Phi) is 11.0. The molecule has 0 spiro atoms. The second kappa shape index (κ2) is 13.3. The minimum atomic E-state index is -5.08. The molecular formula is C21H28F6N2O7. The number of hydrogen-bond acceptors (Lipinski definition) is 7. The Balaban J connectivity index is 0.000000271. The zero-order valence-electron chi connectivity index (χ0n) is 19.1. The standard InChI is InChI=1S/C17H26N2O3.2C2HF3O2/c1-2-15(21-7-1)11-19-4-3-16-14(10-19)13-22-17(16)12-18-5-8-20-9-6-18;2*3-2(4,5)1(6)7/h1-2,7,14,16-17H,3-6,8-13H2;2*(H,6,7)/t14-,16-,17+;;/m1../s1. The molecule has 3 fully saturated rings. The molecule has 3 aliphatic heterocycles. The van der Waals surface area contributed by atoms with Crippen LogP contribution in [0.3, 0.4) is 0 Å². The van der Waals surface area contributed by atoms with Crippen LogP contribution in [0.2, 0.25) is 0 Å². The molecule has 0 unspecified atom stereocenters. The average Bonchev–Trinajstić information content (AvgIpc) is 3.44. The van der Waals surface area contributed by atoms with Gasteiger partial charge in [-0.1, -0.05) is 0 Å². The van der Waals surface area contributed by atoms with Crippen LogP contribution >= 0.6 is 0 Å². The summed E-state index contributed by atoms with van der Waals surface area (Å²) in [5.41, 5.74) is 0. The third-order valence-electron chi connectivity index (χ3n) is 5.87. The van der Waals surface area contributed by atoms with Gasteiger partial charge in [0.1, 0.15) is 5.76 Å². The lowest BCUT2D eigenvalue weighted by Crippen LogP contribution is -2.45. The van der Waals surface area contributed by atoms with E-state index in [-0.39, 0.29) is 0 Å². The second-order valence-electron chi connectivity index (χ2n) is 8.42. The number of rotatable bonds is 4. The first kappa shape index (κ1) is 29.9. The molecule has 3 aliphatic rings. The van der Waals surface area contributed by atoms with Gasteiger partial charge in [0.2, 0.25) is 0 Å². The molecule has 4 heterocycles. The molecule has 0 aromatic carbocycles. The predicted octanol–water partition coefficient (Wildman–Crippen LogP) is 2.72. The lowest BCUT2D eigenvalue weighted by Gasteiger charge is -2.36. The fraction of sp³-hybridized carbons (Fsp3) is 0.714. The maximum Gasteiger partial charge on any atom is 0.490 e. The third-order valence-corrected chi connectivity index (χ3v) is 5.87. The van der Waals surface area contributed by atoms with Crippen molar-refractivity contribution in [3.63, 3.8) is 0 Å². The van der Waals surface area contributed by atoms with Crippen LogP contribution in [0, 0.1) is 11.8 Å². The van der Waals surface area contributed by atoms with Crippen molar-refractivity contribution in [3.8, 4) is 0 Å². The smallest absolute Gasteiger partial charge is 0.475 e. The number of hydrogen-bond donors (Lipinski definition) is 2. The van der Waals surface area contributed by atoms with Crippen LogP contribution in [-0.4, -0.2) is 103 Å². The van der Waals surface area contributed by atoms with E-state index in [4.69, 9.17) is 33.7 Å². The van der Waals surface area contributed by atoms with Crippen LogP contribution in [0.5, 0.6) is 0 Å². The second-order valence-corrected chi connectivity index (χ2v) is 8.42. The molecule has 3 atom stereocenters. The van der Waals surface area contributed by atoms with Crippen LogP contribution in [0.4, 0.5) is 26.3 Å². The topological polar surface area (TPSA) is 113 Å². The van der Waals surface area contributed by atoms with Crippen LogP contribution < -0.4 is 0 Å². The first-order valence-corrected chi connectivity index (χ1v) is 11.0. The number of morpholine rings is 1. The molecule has 0 aliphatic carbocycles. The maximum absolute atomic E-state index is 10.6. The van der Waals surface area contributed by atoms with Crippen molar-refractivity contribution < 1.29 is 60.0 Å². The number of piperidine rings is 1. The number of furan rings is 1. The predicted molar refractivity (Wildman–Crippen MR) is 110 cm³/mol. The van der Waals surface area contributed by atoms with Gasteiger partial charge in [-0.25, -0.2) is 9.59 Å². The molecule has 3 saturated heterocycles. The van der Waals surface area contributed by atoms with Crippen molar-refractivity contribution in [2.24, 2.45) is 11.8 Å². The Labute approximate surface area is 202 Å². The largest absolute Gasteiger partial charge is 0.490 e. The van der Waals surface area contributed by atoms with E-state index in [0.29, 0.717) is 12.0 Å². The highest BCUT2D eigenvalue weighted by Crippen LogP contribution is 2.35. The molecule has 0 radical (unpaired) electrons. The number of halogens is 6. The quantitative estimate of drug-likeness (QED) is 0.563. The van der Waals surface area contributed by atoms with Gasteiger partial charge in [-0.05, 0) is 31.0 Å². The van der Waals surface area contributed by atoms with E-state index < -0.39 is 24.3 Å². The number of aliphatic carboxylic acids is 2. The molecule has 206 valence electrons. The number of nitrogens with zero attached hydrogens (tertiary/aromatic N) is 2. The summed E-state index contributed by atoms with van der Waals surface area (Å²) < 4.78 is 80.5. The Morgan fingerprint density at radius 3 is 2.06 bits per heavy atom. The Hall–Kier alpha value is -2.36. The minimum absolute atomic E-state index is 0.425. The van der Waals surface area contributed by atoms with Gasteiger partial charge in [0.05, 0.1) is 38.7 Å². The highest BCUT2D eigenvalue weighted by Gasteiger charge is 2.41. The van der Waals surface area contributed by atoms with Crippen LogP contribution in [-0.2, 0) is 25.6 Å². The molecular weight excluding hydrogens is 506 g/mol. The fourth-order valence-corrected chi connectivity index (χ4v) is 4.16. The van der Waals surface area contributed by atoms with Gasteiger partial charge < -0.3 is 24.1 Å². The van der Waals surface area contributed by atoms with Crippen molar-refractivity contribution >= 4 is 11.9 Å². The highest BCUT2D eigenvalue weighted by molar-refractivity contribution is 5.73. The molecule has 0 bridgehead atoms. The molecule has 1 aromatic heterocycles. The van der Waals surface area contributed by atoms with Crippen LogP contribution in [0.15, 0.2) is 22.8 Å². The highest BCUT2D eigenvalue weighted by atomic mass is 19.4. The molecule has 9 nitrogen and oxygen atoms in total. The van der Waals surface area contributed by atoms with Crippen molar-refractivity contribution in [1.29, 1.82) is 0 Å². The summed E-state index contributed by atoms with van der Waals surface area (Å²) in [6.07, 6.45) is -6.73. The summed E-state index contributed by atoms with van der Waals surface area (Å²) in [4.78, 5) is 22.8. The monoisotopic (exact) mass is 534 g/mol. The lowest BCUT2D eigenvalue weighted by molar-refractivity contribution is -0.193. The molecule has 0 saturated carbocycles. The van der Waals surface area contributed by atoms with Crippen molar-refractivity contribution in [2.45, 2.75) is 31.4 Å². The Morgan fingerprint density at radius 2 is 1.56 bits per heavy atom. The molecule has 36 heavy (non-hydrogen) atoms. The van der Waals surface area contributed by atoms with Crippen LogP contribution in [0.25, 0.3) is 0 Å². The van der Waals surface area contributed by atoms with Gasteiger partial charge in [-0.15, -0.1) is 0 Å². The number of fused-ring (bicyclic) bond motifs is 1. The SMILES string of the molecule is O=C(O)C(F)(F)F.O=C(O)C(F)(F)F.c1coc(CN2CC[C@@H]3[C@@H](CO[C@H]3CN3CCOCC3)C2)c1. The molecule has 1 aromatic rings. The Morgan fingerprint density at radius 1 is 0.972 bits per heavy atom. The molecule has 15 heteroatoms. The van der Waals surface area contributed by atoms with E-state index in [9.17, 15) is 26.3 Å². The maximum atomic E-state index is 10.6. The van der Waals surface area contributed by atoms with E-state index in [0.717, 1.165) is 70.8 Å². The van der Waals surface area contributed by atoms with E-state index in [1.54, 1.807) is 6.26 Å². The zero-order chi connectivity index (χ0) is 26.9. The van der Waals surface area contributed by atoms with Crippen molar-refractivity contribution in [3.05, 3.63) is 24.2 Å². The van der Waals surface area contributed by atoms with Crippen LogP contribution in [0.1, 0.15) is 12.2 Å². The number of alkyl halides is 6. The van der Waals surface area contributed by atoms with E-state index in [1.807, 2.05) is 6.07 Å². The molecule has 4 rings (SSSR count). The van der Waals surface area contributed by atoms with Gasteiger partial charge in [-0.2, -0.15) is 26.3 Å².